The van der Waals surface area contributed by atoms with Crippen molar-refractivity contribution in [3.05, 3.63) is 10.6 Å². The topological polar surface area (TPSA) is 92.2 Å². The monoisotopic (exact) mass is 369 g/mol. The van der Waals surface area contributed by atoms with E-state index in [4.69, 9.17) is 17.0 Å². The van der Waals surface area contributed by atoms with E-state index in [1.807, 2.05) is 4.57 Å². The number of amides is 2. The van der Waals surface area contributed by atoms with Gasteiger partial charge in [-0.15, -0.1) is 0 Å². The molecule has 1 aliphatic carbocycles. The van der Waals surface area contributed by atoms with Gasteiger partial charge < -0.3 is 15.0 Å². The molecule has 1 fully saturated rings. The van der Waals surface area contributed by atoms with Gasteiger partial charge in [-0.05, 0) is 45.8 Å². The molecular weight excluding hydrogens is 342 g/mol. The normalized spacial score (nSPS) is 15.6. The Labute approximate surface area is 152 Å². The van der Waals surface area contributed by atoms with Crippen molar-refractivity contribution in [1.82, 2.24) is 25.0 Å². The number of hydrogen-bond donors (Lipinski definition) is 2. The van der Waals surface area contributed by atoms with Crippen LogP contribution in [0.1, 0.15) is 52.4 Å². The van der Waals surface area contributed by atoms with Crippen LogP contribution < -0.4 is 5.32 Å². The largest absolute Gasteiger partial charge is 0.444 e. The van der Waals surface area contributed by atoms with Gasteiger partial charge in [-0.25, -0.2) is 4.79 Å². The Morgan fingerprint density at radius 2 is 2.12 bits per heavy atom. The zero-order chi connectivity index (χ0) is 18.8. The van der Waals surface area contributed by atoms with Gasteiger partial charge in [0.1, 0.15) is 5.60 Å². The van der Waals surface area contributed by atoms with Gasteiger partial charge in [-0.1, -0.05) is 6.92 Å². The molecule has 2 N–H and O–H groups in total. The molecule has 1 aliphatic rings. The summed E-state index contributed by atoms with van der Waals surface area (Å²) in [6, 6.07) is 0.397. The smallest absolute Gasteiger partial charge is 0.410 e. The van der Waals surface area contributed by atoms with Gasteiger partial charge in [0.25, 0.3) is 0 Å². The molecule has 0 radical (unpaired) electrons. The molecule has 0 spiro atoms. The maximum Gasteiger partial charge on any atom is 0.410 e. The highest BCUT2D eigenvalue weighted by molar-refractivity contribution is 7.71. The summed E-state index contributed by atoms with van der Waals surface area (Å²) in [5, 5.41) is 9.82. The van der Waals surface area contributed by atoms with Crippen LogP contribution in [0.4, 0.5) is 4.79 Å². The Kier molecular flexibility index (Phi) is 5.87. The summed E-state index contributed by atoms with van der Waals surface area (Å²) in [6.07, 6.45) is 1.74. The molecule has 1 aromatic rings. The standard InChI is InChI=1S/C16H27N5O3S/c1-10(9-20(5)15(23)24-16(2,3)4)13(22)17-8-12-18-19-14(25)21(12)11-6-7-11/h10-11H,6-9H2,1-5H3,(H,17,22)(H,19,25). The van der Waals surface area contributed by atoms with Crippen molar-refractivity contribution in [2.45, 2.75) is 58.7 Å². The molecule has 9 heteroatoms. The van der Waals surface area contributed by atoms with Crippen LogP contribution in [0.25, 0.3) is 0 Å². The fourth-order valence-corrected chi connectivity index (χ4v) is 2.72. The van der Waals surface area contributed by atoms with Crippen LogP contribution in [0.5, 0.6) is 0 Å². The van der Waals surface area contributed by atoms with Crippen LogP contribution >= 0.6 is 12.2 Å². The van der Waals surface area contributed by atoms with Crippen molar-refractivity contribution in [3.63, 3.8) is 0 Å². The molecule has 0 saturated heterocycles. The van der Waals surface area contributed by atoms with Crippen molar-refractivity contribution in [2.75, 3.05) is 13.6 Å². The van der Waals surface area contributed by atoms with Gasteiger partial charge in [0.05, 0.1) is 12.5 Å². The lowest BCUT2D eigenvalue weighted by atomic mass is 10.1. The lowest BCUT2D eigenvalue weighted by molar-refractivity contribution is -0.125. The van der Waals surface area contributed by atoms with E-state index >= 15 is 0 Å². The Bertz CT molecular complexity index is 687. The number of carbonyl (C=O) groups excluding carboxylic acids is 2. The molecule has 1 aromatic heterocycles. The Balaban J connectivity index is 1.84. The maximum absolute atomic E-state index is 12.3. The van der Waals surface area contributed by atoms with Gasteiger partial charge in [0.15, 0.2) is 10.6 Å². The van der Waals surface area contributed by atoms with E-state index in [0.717, 1.165) is 18.7 Å². The summed E-state index contributed by atoms with van der Waals surface area (Å²) in [5.74, 6) is 0.217. The summed E-state index contributed by atoms with van der Waals surface area (Å²) < 4.78 is 7.84. The van der Waals surface area contributed by atoms with Crippen molar-refractivity contribution in [2.24, 2.45) is 5.92 Å². The Morgan fingerprint density at radius 3 is 2.68 bits per heavy atom. The van der Waals surface area contributed by atoms with E-state index in [-0.39, 0.29) is 18.4 Å². The van der Waals surface area contributed by atoms with Crippen molar-refractivity contribution >= 4 is 24.2 Å². The first-order valence-corrected chi connectivity index (χ1v) is 8.87. The first kappa shape index (κ1) is 19.4. The molecule has 0 aliphatic heterocycles. The fourth-order valence-electron chi connectivity index (χ4n) is 2.42. The summed E-state index contributed by atoms with van der Waals surface area (Å²) in [4.78, 5) is 25.7. The fraction of sp³-hybridized carbons (Fsp3) is 0.750. The van der Waals surface area contributed by atoms with Crippen LogP contribution in [0, 0.1) is 10.7 Å². The highest BCUT2D eigenvalue weighted by Crippen LogP contribution is 2.35. The lowest BCUT2D eigenvalue weighted by Gasteiger charge is -2.26. The minimum absolute atomic E-state index is 0.147. The van der Waals surface area contributed by atoms with Crippen LogP contribution in [-0.2, 0) is 16.1 Å². The first-order chi connectivity index (χ1) is 11.6. The summed E-state index contributed by atoms with van der Waals surface area (Å²) in [5.41, 5.74) is -0.560. The Hall–Kier alpha value is -1.90. The van der Waals surface area contributed by atoms with Crippen LogP contribution in [0.3, 0.4) is 0 Å². The van der Waals surface area contributed by atoms with Crippen molar-refractivity contribution in [1.29, 1.82) is 0 Å². The highest BCUT2D eigenvalue weighted by Gasteiger charge is 2.28. The number of rotatable bonds is 6. The van der Waals surface area contributed by atoms with Crippen molar-refractivity contribution < 1.29 is 14.3 Å². The van der Waals surface area contributed by atoms with E-state index < -0.39 is 11.7 Å². The van der Waals surface area contributed by atoms with Crippen LogP contribution in [-0.4, -0.2) is 50.9 Å². The van der Waals surface area contributed by atoms with Gasteiger partial charge >= 0.3 is 6.09 Å². The molecule has 1 heterocycles. The maximum atomic E-state index is 12.3. The zero-order valence-corrected chi connectivity index (χ0v) is 16.3. The molecule has 1 saturated carbocycles. The second-order valence-electron chi connectivity index (χ2n) is 7.53. The number of aromatic nitrogens is 3. The van der Waals surface area contributed by atoms with E-state index in [1.54, 1.807) is 34.7 Å². The quantitative estimate of drug-likeness (QED) is 0.751. The predicted molar refractivity (Wildman–Crippen MR) is 95.6 cm³/mol. The van der Waals surface area contributed by atoms with Crippen molar-refractivity contribution in [3.8, 4) is 0 Å². The molecule has 1 atom stereocenters. The van der Waals surface area contributed by atoms with Crippen LogP contribution in [0.2, 0.25) is 0 Å². The number of H-pyrrole nitrogens is 1. The van der Waals surface area contributed by atoms with E-state index in [0.29, 0.717) is 17.4 Å². The second kappa shape index (κ2) is 7.55. The molecule has 1 unspecified atom stereocenters. The number of aromatic amines is 1. The third-order valence-electron chi connectivity index (χ3n) is 3.81. The number of nitrogens with zero attached hydrogens (tertiary/aromatic N) is 3. The van der Waals surface area contributed by atoms with Gasteiger partial charge in [0.2, 0.25) is 5.91 Å². The molecule has 2 amide bonds. The molecule has 25 heavy (non-hydrogen) atoms. The molecule has 140 valence electrons. The second-order valence-corrected chi connectivity index (χ2v) is 7.91. The average molecular weight is 369 g/mol. The van der Waals surface area contributed by atoms with Gasteiger partial charge in [-0.3, -0.25) is 14.5 Å². The van der Waals surface area contributed by atoms with E-state index in [9.17, 15) is 9.59 Å². The number of ether oxygens (including phenoxy) is 1. The molecule has 0 bridgehead atoms. The van der Waals surface area contributed by atoms with E-state index in [2.05, 4.69) is 15.5 Å². The molecule has 0 aromatic carbocycles. The van der Waals surface area contributed by atoms with Crippen LogP contribution in [0.15, 0.2) is 0 Å². The minimum atomic E-state index is -0.560. The van der Waals surface area contributed by atoms with E-state index in [1.165, 1.54) is 4.90 Å². The molecule has 2 rings (SSSR count). The lowest BCUT2D eigenvalue weighted by Crippen LogP contribution is -2.40. The summed E-state index contributed by atoms with van der Waals surface area (Å²) in [7, 11) is 1.62. The molecular formula is C16H27N5O3S. The predicted octanol–water partition coefficient (Wildman–Crippen LogP) is 2.39. The first-order valence-electron chi connectivity index (χ1n) is 8.46. The SMILES string of the molecule is CC(CN(C)C(=O)OC(C)(C)C)C(=O)NCc1n[nH]c(=S)n1C1CC1. The number of nitrogens with one attached hydrogen (secondary N) is 2. The number of hydrogen-bond acceptors (Lipinski definition) is 5. The van der Waals surface area contributed by atoms with Gasteiger partial charge in [0, 0.05) is 19.6 Å². The Morgan fingerprint density at radius 1 is 1.48 bits per heavy atom. The average Bonchev–Trinajstić information content (AvgIpc) is 3.26. The minimum Gasteiger partial charge on any atom is -0.444 e. The summed E-state index contributed by atoms with van der Waals surface area (Å²) in [6.45, 7) is 7.78. The van der Waals surface area contributed by atoms with Gasteiger partial charge in [-0.2, -0.15) is 5.10 Å². The zero-order valence-electron chi connectivity index (χ0n) is 15.5. The number of carbonyl (C=O) groups is 2. The molecule has 8 nitrogen and oxygen atoms in total. The highest BCUT2D eigenvalue weighted by atomic mass is 32.1. The third kappa shape index (κ3) is 5.55. The summed E-state index contributed by atoms with van der Waals surface area (Å²) >= 11 is 5.22. The third-order valence-corrected chi connectivity index (χ3v) is 4.10.